The maximum Gasteiger partial charge on any atom is 0.223 e. The molecule has 1 aromatic heterocycles. The molecule has 82 valence electrons. The summed E-state index contributed by atoms with van der Waals surface area (Å²) >= 11 is 5.80. The SMILES string of the molecule is CC(C)(Nc1cc(Cl)nc(N)n1)C1CC1. The summed E-state index contributed by atoms with van der Waals surface area (Å²) in [5, 5.41) is 3.72. The summed E-state index contributed by atoms with van der Waals surface area (Å²) in [6.45, 7) is 4.33. The fourth-order valence-corrected chi connectivity index (χ4v) is 1.93. The van der Waals surface area contributed by atoms with Gasteiger partial charge in [0.15, 0.2) is 0 Å². The van der Waals surface area contributed by atoms with Crippen LogP contribution in [0.5, 0.6) is 0 Å². The van der Waals surface area contributed by atoms with Crippen LogP contribution < -0.4 is 11.1 Å². The maximum absolute atomic E-state index is 5.80. The van der Waals surface area contributed by atoms with Crippen molar-refractivity contribution in [3.63, 3.8) is 0 Å². The second-order valence-electron chi connectivity index (χ2n) is 4.56. The van der Waals surface area contributed by atoms with Gasteiger partial charge in [-0.3, -0.25) is 0 Å². The predicted molar refractivity (Wildman–Crippen MR) is 61.9 cm³/mol. The summed E-state index contributed by atoms with van der Waals surface area (Å²) in [4.78, 5) is 7.92. The van der Waals surface area contributed by atoms with E-state index in [1.54, 1.807) is 6.07 Å². The zero-order valence-electron chi connectivity index (χ0n) is 8.92. The lowest BCUT2D eigenvalue weighted by Crippen LogP contribution is -2.33. The fraction of sp³-hybridized carbons (Fsp3) is 0.600. The molecule has 0 saturated heterocycles. The smallest absolute Gasteiger partial charge is 0.223 e. The van der Waals surface area contributed by atoms with E-state index in [4.69, 9.17) is 17.3 Å². The van der Waals surface area contributed by atoms with Gasteiger partial charge in [0.05, 0.1) is 0 Å². The maximum atomic E-state index is 5.80. The lowest BCUT2D eigenvalue weighted by atomic mass is 9.99. The van der Waals surface area contributed by atoms with E-state index in [-0.39, 0.29) is 11.5 Å². The van der Waals surface area contributed by atoms with E-state index in [2.05, 4.69) is 29.1 Å². The van der Waals surface area contributed by atoms with Gasteiger partial charge in [-0.15, -0.1) is 0 Å². The van der Waals surface area contributed by atoms with E-state index in [0.29, 0.717) is 16.9 Å². The molecule has 0 atom stereocenters. The third kappa shape index (κ3) is 2.50. The third-order valence-corrected chi connectivity index (χ3v) is 2.95. The Hall–Kier alpha value is -1.03. The van der Waals surface area contributed by atoms with Crippen molar-refractivity contribution in [3.8, 4) is 0 Å². The normalized spacial score (nSPS) is 16.5. The molecule has 0 aliphatic heterocycles. The molecule has 0 unspecified atom stereocenters. The van der Waals surface area contributed by atoms with Crippen LogP contribution in [0.3, 0.4) is 0 Å². The molecule has 1 heterocycles. The average Bonchev–Trinajstić information content (AvgIpc) is 2.80. The Morgan fingerprint density at radius 1 is 1.47 bits per heavy atom. The summed E-state index contributed by atoms with van der Waals surface area (Å²) in [6, 6.07) is 1.70. The van der Waals surface area contributed by atoms with Crippen molar-refractivity contribution in [1.82, 2.24) is 9.97 Å². The van der Waals surface area contributed by atoms with Crippen molar-refractivity contribution >= 4 is 23.4 Å². The standard InChI is InChI=1S/C10H15ClN4/c1-10(2,6-3-4-6)15-8-5-7(11)13-9(12)14-8/h5-6H,3-4H2,1-2H3,(H3,12,13,14,15). The minimum Gasteiger partial charge on any atom is -0.368 e. The Balaban J connectivity index is 2.16. The van der Waals surface area contributed by atoms with E-state index >= 15 is 0 Å². The molecule has 1 aliphatic rings. The van der Waals surface area contributed by atoms with Gasteiger partial charge >= 0.3 is 0 Å². The molecule has 1 saturated carbocycles. The molecule has 0 spiro atoms. The van der Waals surface area contributed by atoms with Crippen LogP contribution in [-0.2, 0) is 0 Å². The van der Waals surface area contributed by atoms with Crippen molar-refractivity contribution in [3.05, 3.63) is 11.2 Å². The van der Waals surface area contributed by atoms with Gasteiger partial charge < -0.3 is 11.1 Å². The molecular weight excluding hydrogens is 212 g/mol. The Morgan fingerprint density at radius 2 is 2.13 bits per heavy atom. The number of nitrogen functional groups attached to an aromatic ring is 1. The minimum absolute atomic E-state index is 0.0458. The van der Waals surface area contributed by atoms with Crippen LogP contribution in [0.25, 0.3) is 0 Å². The lowest BCUT2D eigenvalue weighted by molar-refractivity contribution is 0.492. The quantitative estimate of drug-likeness (QED) is 0.777. The predicted octanol–water partition coefficient (Wildman–Crippen LogP) is 2.31. The molecule has 0 aromatic carbocycles. The van der Waals surface area contributed by atoms with Crippen molar-refractivity contribution < 1.29 is 0 Å². The average molecular weight is 227 g/mol. The highest BCUT2D eigenvalue weighted by atomic mass is 35.5. The molecule has 2 rings (SSSR count). The van der Waals surface area contributed by atoms with Crippen molar-refractivity contribution in [2.75, 3.05) is 11.1 Å². The van der Waals surface area contributed by atoms with Gasteiger partial charge in [-0.05, 0) is 32.6 Å². The minimum atomic E-state index is 0.0458. The molecule has 0 bridgehead atoms. The van der Waals surface area contributed by atoms with Crippen LogP contribution in [0.1, 0.15) is 26.7 Å². The van der Waals surface area contributed by atoms with E-state index in [1.807, 2.05) is 0 Å². The fourth-order valence-electron chi connectivity index (χ4n) is 1.74. The van der Waals surface area contributed by atoms with Crippen LogP contribution in [0.4, 0.5) is 11.8 Å². The second-order valence-corrected chi connectivity index (χ2v) is 4.94. The summed E-state index contributed by atoms with van der Waals surface area (Å²) in [5.41, 5.74) is 5.57. The van der Waals surface area contributed by atoms with Gasteiger partial charge in [0, 0.05) is 11.6 Å². The van der Waals surface area contributed by atoms with Gasteiger partial charge in [0.25, 0.3) is 0 Å². The molecule has 15 heavy (non-hydrogen) atoms. The monoisotopic (exact) mass is 226 g/mol. The van der Waals surface area contributed by atoms with Gasteiger partial charge in [0.1, 0.15) is 11.0 Å². The molecule has 0 amide bonds. The Bertz CT molecular complexity index is 353. The van der Waals surface area contributed by atoms with E-state index in [9.17, 15) is 0 Å². The van der Waals surface area contributed by atoms with E-state index < -0.39 is 0 Å². The zero-order valence-corrected chi connectivity index (χ0v) is 9.67. The lowest BCUT2D eigenvalue weighted by Gasteiger charge is -2.26. The molecule has 1 aromatic rings. The number of nitrogens with one attached hydrogen (secondary N) is 1. The number of anilines is 2. The number of halogens is 1. The van der Waals surface area contributed by atoms with Gasteiger partial charge in [-0.1, -0.05) is 11.6 Å². The number of hydrogen-bond acceptors (Lipinski definition) is 4. The van der Waals surface area contributed by atoms with Crippen molar-refractivity contribution in [2.45, 2.75) is 32.2 Å². The van der Waals surface area contributed by atoms with Crippen LogP contribution in [0.15, 0.2) is 6.07 Å². The number of hydrogen-bond donors (Lipinski definition) is 2. The highest BCUT2D eigenvalue weighted by Crippen LogP contribution is 2.40. The zero-order chi connectivity index (χ0) is 11.1. The Kier molecular flexibility index (Phi) is 2.46. The third-order valence-electron chi connectivity index (χ3n) is 2.76. The van der Waals surface area contributed by atoms with Crippen LogP contribution in [-0.4, -0.2) is 15.5 Å². The number of rotatable bonds is 3. The molecule has 1 fully saturated rings. The van der Waals surface area contributed by atoms with Crippen LogP contribution in [0, 0.1) is 5.92 Å². The van der Waals surface area contributed by atoms with Crippen LogP contribution in [0.2, 0.25) is 5.15 Å². The van der Waals surface area contributed by atoms with Crippen LogP contribution >= 0.6 is 11.6 Å². The number of aromatic nitrogens is 2. The van der Waals surface area contributed by atoms with Gasteiger partial charge in [-0.2, -0.15) is 4.98 Å². The first kappa shape index (κ1) is 10.5. The van der Waals surface area contributed by atoms with Gasteiger partial charge in [-0.25, -0.2) is 4.98 Å². The van der Waals surface area contributed by atoms with E-state index in [1.165, 1.54) is 12.8 Å². The first-order valence-electron chi connectivity index (χ1n) is 5.05. The molecule has 0 radical (unpaired) electrons. The molecule has 4 nitrogen and oxygen atoms in total. The summed E-state index contributed by atoms with van der Waals surface area (Å²) in [5.74, 6) is 1.62. The van der Waals surface area contributed by atoms with Gasteiger partial charge in [0.2, 0.25) is 5.95 Å². The first-order chi connectivity index (χ1) is 6.97. The molecule has 1 aliphatic carbocycles. The molecular formula is C10H15ClN4. The van der Waals surface area contributed by atoms with E-state index in [0.717, 1.165) is 0 Å². The van der Waals surface area contributed by atoms with Crippen molar-refractivity contribution in [2.24, 2.45) is 5.92 Å². The topological polar surface area (TPSA) is 63.8 Å². The second kappa shape index (κ2) is 3.52. The molecule has 5 heteroatoms. The van der Waals surface area contributed by atoms with Crippen molar-refractivity contribution in [1.29, 1.82) is 0 Å². The highest BCUT2D eigenvalue weighted by Gasteiger charge is 2.37. The summed E-state index contributed by atoms with van der Waals surface area (Å²) in [7, 11) is 0. The Morgan fingerprint density at radius 3 is 2.67 bits per heavy atom. The molecule has 3 N–H and O–H groups in total. The largest absolute Gasteiger partial charge is 0.368 e. The summed E-state index contributed by atoms with van der Waals surface area (Å²) < 4.78 is 0. The first-order valence-corrected chi connectivity index (χ1v) is 5.43. The highest BCUT2D eigenvalue weighted by molar-refractivity contribution is 6.29. The Labute approximate surface area is 94.2 Å². The summed E-state index contributed by atoms with van der Waals surface area (Å²) in [6.07, 6.45) is 2.54. The number of nitrogens with zero attached hydrogens (tertiary/aromatic N) is 2. The number of nitrogens with two attached hydrogens (primary N) is 1.